The molecule has 3 fully saturated rings. The zero-order valence-corrected chi connectivity index (χ0v) is 24.8. The lowest BCUT2D eigenvalue weighted by atomic mass is 9.81. The number of nitrogens with zero attached hydrogens (tertiary/aromatic N) is 1. The molecule has 3 aliphatic rings. The van der Waals surface area contributed by atoms with Crippen LogP contribution >= 0.6 is 0 Å². The highest BCUT2D eigenvalue weighted by atomic mass is 16.6. The van der Waals surface area contributed by atoms with Gasteiger partial charge in [0.2, 0.25) is 11.8 Å². The fourth-order valence-corrected chi connectivity index (χ4v) is 5.65. The van der Waals surface area contributed by atoms with Crippen molar-refractivity contribution in [1.82, 2.24) is 15.5 Å². The number of ketones is 3. The van der Waals surface area contributed by atoms with E-state index in [0.29, 0.717) is 58.0 Å². The maximum absolute atomic E-state index is 13.8. The standard InChI is InChI=1S/C31H43N3O8/c1-20(12-24(35)18-34-8-10-41-11-9-34)30(39)33-26(14-21-4-6-25(40-3)7-5-21)27(36)16-23(29(38)31(2)19-42-31)13-22-15-28(37)32-17-22/h4-7,20,22-23,26H,8-19H2,1-3H3,(H,32,37)(H,33,39). The van der Waals surface area contributed by atoms with E-state index in [4.69, 9.17) is 14.2 Å². The van der Waals surface area contributed by atoms with Crippen LogP contribution < -0.4 is 15.4 Å². The Labute approximate surface area is 247 Å². The first-order valence-electron chi connectivity index (χ1n) is 14.8. The van der Waals surface area contributed by atoms with Crippen molar-refractivity contribution < 1.29 is 38.2 Å². The van der Waals surface area contributed by atoms with E-state index >= 15 is 0 Å². The van der Waals surface area contributed by atoms with Gasteiger partial charge in [0.05, 0.1) is 39.5 Å². The number of epoxide rings is 1. The lowest BCUT2D eigenvalue weighted by molar-refractivity contribution is -0.134. The quantitative estimate of drug-likeness (QED) is 0.273. The number of carbonyl (C=O) groups is 5. The van der Waals surface area contributed by atoms with Gasteiger partial charge in [0.1, 0.15) is 17.1 Å². The maximum atomic E-state index is 13.8. The van der Waals surface area contributed by atoms with Crippen LogP contribution in [0.3, 0.4) is 0 Å². The summed E-state index contributed by atoms with van der Waals surface area (Å²) in [6.45, 7) is 6.97. The van der Waals surface area contributed by atoms with E-state index in [1.807, 2.05) is 17.0 Å². The van der Waals surface area contributed by atoms with Crippen LogP contribution in [0.1, 0.15) is 45.1 Å². The van der Waals surface area contributed by atoms with Crippen molar-refractivity contribution in [1.29, 1.82) is 0 Å². The van der Waals surface area contributed by atoms with Gasteiger partial charge >= 0.3 is 0 Å². The molecular weight excluding hydrogens is 542 g/mol. The first-order valence-corrected chi connectivity index (χ1v) is 14.8. The van der Waals surface area contributed by atoms with Gasteiger partial charge in [0, 0.05) is 50.7 Å². The molecule has 0 radical (unpaired) electrons. The summed E-state index contributed by atoms with van der Waals surface area (Å²) in [6.07, 6.45) is 0.913. The van der Waals surface area contributed by atoms with Gasteiger partial charge in [-0.2, -0.15) is 0 Å². The van der Waals surface area contributed by atoms with E-state index in [-0.39, 0.29) is 60.9 Å². The highest BCUT2D eigenvalue weighted by Crippen LogP contribution is 2.35. The lowest BCUT2D eigenvalue weighted by Crippen LogP contribution is -2.46. The van der Waals surface area contributed by atoms with Crippen molar-refractivity contribution in [2.45, 2.75) is 57.6 Å². The average molecular weight is 586 g/mol. The summed E-state index contributed by atoms with van der Waals surface area (Å²) in [5.74, 6) is -1.55. The second kappa shape index (κ2) is 14.3. The highest BCUT2D eigenvalue weighted by molar-refractivity contribution is 5.97. The molecule has 0 saturated carbocycles. The number of Topliss-reactive ketones (excluding diaryl/α,β-unsaturated/α-hetero) is 3. The second-order valence-corrected chi connectivity index (χ2v) is 12.0. The fraction of sp³-hybridized carbons (Fsp3) is 0.645. The van der Waals surface area contributed by atoms with Crippen LogP contribution in [0.15, 0.2) is 24.3 Å². The Balaban J connectivity index is 1.44. The van der Waals surface area contributed by atoms with Crippen LogP contribution in [-0.2, 0) is 39.9 Å². The molecule has 1 aromatic carbocycles. The zero-order chi connectivity index (χ0) is 30.3. The number of nitrogens with one attached hydrogen (secondary N) is 2. The fourth-order valence-electron chi connectivity index (χ4n) is 5.65. The number of amides is 2. The molecule has 5 unspecified atom stereocenters. The molecule has 3 heterocycles. The Morgan fingerprint density at radius 2 is 1.83 bits per heavy atom. The van der Waals surface area contributed by atoms with Gasteiger partial charge in [-0.15, -0.1) is 0 Å². The van der Waals surface area contributed by atoms with Gasteiger partial charge < -0.3 is 24.8 Å². The largest absolute Gasteiger partial charge is 0.497 e. The van der Waals surface area contributed by atoms with Gasteiger partial charge in [-0.25, -0.2) is 0 Å². The number of carbonyl (C=O) groups excluding carboxylic acids is 5. The molecule has 0 spiro atoms. The van der Waals surface area contributed by atoms with Gasteiger partial charge in [-0.3, -0.25) is 28.9 Å². The Morgan fingerprint density at radius 1 is 1.14 bits per heavy atom. The average Bonchev–Trinajstić information content (AvgIpc) is 3.60. The highest BCUT2D eigenvalue weighted by Gasteiger charge is 2.50. The normalized spacial score (nSPS) is 24.3. The predicted octanol–water partition coefficient (Wildman–Crippen LogP) is 1.11. The number of ether oxygens (including phenoxy) is 3. The summed E-state index contributed by atoms with van der Waals surface area (Å²) in [5, 5.41) is 5.68. The Bertz CT molecular complexity index is 1140. The van der Waals surface area contributed by atoms with E-state index in [2.05, 4.69) is 10.6 Å². The molecule has 11 heteroatoms. The summed E-state index contributed by atoms with van der Waals surface area (Å²) < 4.78 is 16.0. The number of hydrogen-bond acceptors (Lipinski definition) is 9. The first-order chi connectivity index (χ1) is 20.1. The molecule has 2 N–H and O–H groups in total. The van der Waals surface area contributed by atoms with E-state index in [1.165, 1.54) is 0 Å². The monoisotopic (exact) mass is 585 g/mol. The van der Waals surface area contributed by atoms with Gasteiger partial charge in [-0.05, 0) is 43.4 Å². The molecule has 4 rings (SSSR count). The van der Waals surface area contributed by atoms with Crippen LogP contribution in [0.4, 0.5) is 0 Å². The van der Waals surface area contributed by atoms with Crippen molar-refractivity contribution >= 4 is 29.2 Å². The molecule has 2 amide bonds. The molecule has 1 aromatic rings. The zero-order valence-electron chi connectivity index (χ0n) is 24.8. The summed E-state index contributed by atoms with van der Waals surface area (Å²) >= 11 is 0. The second-order valence-electron chi connectivity index (χ2n) is 12.0. The number of hydrogen-bond donors (Lipinski definition) is 2. The maximum Gasteiger partial charge on any atom is 0.223 e. The van der Waals surface area contributed by atoms with Gasteiger partial charge in [0.15, 0.2) is 11.6 Å². The SMILES string of the molecule is COc1ccc(CC(NC(=O)C(C)CC(=O)CN2CCOCC2)C(=O)CC(CC2CNC(=O)C2)C(=O)C2(C)CO2)cc1. The van der Waals surface area contributed by atoms with Crippen LogP contribution in [0, 0.1) is 17.8 Å². The van der Waals surface area contributed by atoms with Crippen molar-refractivity contribution in [3.05, 3.63) is 29.8 Å². The third kappa shape index (κ3) is 8.92. The van der Waals surface area contributed by atoms with Gasteiger partial charge in [0.25, 0.3) is 0 Å². The molecule has 3 aliphatic heterocycles. The first kappa shape index (κ1) is 31.8. The summed E-state index contributed by atoms with van der Waals surface area (Å²) in [6, 6.07) is 6.34. The molecule has 0 aliphatic carbocycles. The van der Waals surface area contributed by atoms with Crippen LogP contribution in [-0.4, -0.2) is 98.8 Å². The summed E-state index contributed by atoms with van der Waals surface area (Å²) in [7, 11) is 1.57. The summed E-state index contributed by atoms with van der Waals surface area (Å²) in [5.41, 5.74) is -0.0955. The van der Waals surface area contributed by atoms with Crippen LogP contribution in [0.25, 0.3) is 0 Å². The van der Waals surface area contributed by atoms with Crippen molar-refractivity contribution in [3.8, 4) is 5.75 Å². The molecule has 5 atom stereocenters. The lowest BCUT2D eigenvalue weighted by Gasteiger charge is -2.26. The van der Waals surface area contributed by atoms with E-state index in [0.717, 1.165) is 5.56 Å². The number of morpholine rings is 1. The Hall–Kier alpha value is -3.15. The molecule has 230 valence electrons. The van der Waals surface area contributed by atoms with Crippen molar-refractivity contribution in [3.63, 3.8) is 0 Å². The molecule has 3 saturated heterocycles. The van der Waals surface area contributed by atoms with Crippen LogP contribution in [0.5, 0.6) is 5.75 Å². The number of benzene rings is 1. The topological polar surface area (TPSA) is 144 Å². The predicted molar refractivity (Wildman–Crippen MR) is 153 cm³/mol. The van der Waals surface area contributed by atoms with Crippen molar-refractivity contribution in [2.75, 3.05) is 53.1 Å². The Kier molecular flexibility index (Phi) is 10.9. The van der Waals surface area contributed by atoms with E-state index in [1.54, 1.807) is 33.1 Å². The molecule has 11 nitrogen and oxygen atoms in total. The minimum atomic E-state index is -0.912. The molecule has 0 aromatic heterocycles. The smallest absolute Gasteiger partial charge is 0.223 e. The van der Waals surface area contributed by atoms with E-state index < -0.39 is 23.5 Å². The molecule has 42 heavy (non-hydrogen) atoms. The van der Waals surface area contributed by atoms with Crippen LogP contribution in [0.2, 0.25) is 0 Å². The molecular formula is C31H43N3O8. The van der Waals surface area contributed by atoms with Gasteiger partial charge in [-0.1, -0.05) is 19.1 Å². The minimum Gasteiger partial charge on any atom is -0.497 e. The third-order valence-corrected chi connectivity index (χ3v) is 8.39. The van der Waals surface area contributed by atoms with E-state index in [9.17, 15) is 24.0 Å². The molecule has 0 bridgehead atoms. The number of rotatable bonds is 16. The third-order valence-electron chi connectivity index (χ3n) is 8.39. The van der Waals surface area contributed by atoms with Crippen molar-refractivity contribution in [2.24, 2.45) is 17.8 Å². The number of methoxy groups -OCH3 is 1. The summed E-state index contributed by atoms with van der Waals surface area (Å²) in [4.78, 5) is 66.9. The minimum absolute atomic E-state index is 0.0411. The Morgan fingerprint density at radius 3 is 2.43 bits per heavy atom.